The van der Waals surface area contributed by atoms with Gasteiger partial charge in [-0.2, -0.15) is 11.8 Å². The molecule has 0 aromatic heterocycles. The molecule has 7 heteroatoms. The van der Waals surface area contributed by atoms with Gasteiger partial charge in [-0.25, -0.2) is 0 Å². The van der Waals surface area contributed by atoms with Crippen LogP contribution >= 0.6 is 24.2 Å². The summed E-state index contributed by atoms with van der Waals surface area (Å²) < 4.78 is 4.60. The van der Waals surface area contributed by atoms with Gasteiger partial charge in [0.05, 0.1) is 19.6 Å². The summed E-state index contributed by atoms with van der Waals surface area (Å²) in [6.07, 6.45) is 1.07. The molecule has 0 saturated carbocycles. The van der Waals surface area contributed by atoms with Crippen LogP contribution in [-0.4, -0.2) is 30.8 Å². The number of thioether (sulfide) groups is 1. The first kappa shape index (κ1) is 22.8. The molecule has 0 heterocycles. The molecule has 0 radical (unpaired) electrons. The van der Waals surface area contributed by atoms with Crippen LogP contribution in [-0.2, 0) is 20.1 Å². The van der Waals surface area contributed by atoms with E-state index >= 15 is 0 Å². The highest BCUT2D eigenvalue weighted by Crippen LogP contribution is 2.18. The summed E-state index contributed by atoms with van der Waals surface area (Å²) in [6, 6.07) is 7.19. The molecule has 5 nitrogen and oxygen atoms in total. The summed E-state index contributed by atoms with van der Waals surface area (Å²) in [5.41, 5.74) is 7.73. The zero-order valence-corrected chi connectivity index (χ0v) is 16.0. The average molecular weight is 375 g/mol. The number of nitrogens with one attached hydrogen (secondary N) is 1. The summed E-state index contributed by atoms with van der Waals surface area (Å²) in [5, 5.41) is 2.86. The fraction of sp³-hybridized carbons (Fsp3) is 0.529. The van der Waals surface area contributed by atoms with Gasteiger partial charge < -0.3 is 15.8 Å². The molecule has 1 aromatic carbocycles. The number of carbonyl (C=O) groups excluding carboxylic acids is 2. The molecule has 0 saturated heterocycles. The van der Waals surface area contributed by atoms with Crippen molar-refractivity contribution in [1.82, 2.24) is 0 Å². The summed E-state index contributed by atoms with van der Waals surface area (Å²) in [5.74, 6) is 1.52. The molecule has 24 heavy (non-hydrogen) atoms. The first-order valence-corrected chi connectivity index (χ1v) is 8.87. The predicted molar refractivity (Wildman–Crippen MR) is 103 cm³/mol. The Balaban J connectivity index is 0.00000529. The quantitative estimate of drug-likeness (QED) is 0.512. The predicted octanol–water partition coefficient (Wildman–Crippen LogP) is 3.22. The second kappa shape index (κ2) is 12.2. The third-order valence-corrected chi connectivity index (χ3v) is 4.23. The second-order valence-corrected chi connectivity index (χ2v) is 6.91. The molecule has 0 aliphatic rings. The monoisotopic (exact) mass is 374 g/mol. The zero-order chi connectivity index (χ0) is 17.2. The lowest BCUT2D eigenvalue weighted by molar-refractivity contribution is -0.140. The number of benzene rings is 1. The van der Waals surface area contributed by atoms with Gasteiger partial charge in [-0.1, -0.05) is 26.0 Å². The van der Waals surface area contributed by atoms with Gasteiger partial charge in [0, 0.05) is 17.2 Å². The third kappa shape index (κ3) is 9.15. The molecule has 0 fully saturated rings. The van der Waals surface area contributed by atoms with E-state index in [-0.39, 0.29) is 24.3 Å². The molecule has 136 valence electrons. The number of rotatable bonds is 9. The Kier molecular flexibility index (Phi) is 11.5. The number of esters is 1. The highest BCUT2D eigenvalue weighted by Gasteiger charge is 2.15. The van der Waals surface area contributed by atoms with Crippen molar-refractivity contribution in [3.63, 3.8) is 0 Å². The Morgan fingerprint density at radius 1 is 1.33 bits per heavy atom. The standard InChI is InChI=1S/C17H26N2O3S.ClH/c1-12(2)9-15(18)17(21)19-14-6-4-5-13(10-14)11-23-8-7-16(20)22-3;/h4-6,10,12,15H,7-9,11,18H2,1-3H3,(H,19,21);1H/t15-;/m0./s1. The maximum Gasteiger partial charge on any atom is 0.306 e. The molecule has 0 unspecified atom stereocenters. The Morgan fingerprint density at radius 2 is 2.04 bits per heavy atom. The van der Waals surface area contributed by atoms with E-state index in [1.807, 2.05) is 38.1 Å². The van der Waals surface area contributed by atoms with Gasteiger partial charge in [0.25, 0.3) is 0 Å². The van der Waals surface area contributed by atoms with E-state index in [0.717, 1.165) is 17.0 Å². The third-order valence-electron chi connectivity index (χ3n) is 3.20. The van der Waals surface area contributed by atoms with Crippen molar-refractivity contribution in [2.75, 3.05) is 18.2 Å². The van der Waals surface area contributed by atoms with Crippen molar-refractivity contribution in [1.29, 1.82) is 0 Å². The van der Waals surface area contributed by atoms with Gasteiger partial charge in [0.2, 0.25) is 5.91 Å². The molecule has 3 N–H and O–H groups in total. The summed E-state index contributed by atoms with van der Waals surface area (Å²) in [4.78, 5) is 23.1. The van der Waals surface area contributed by atoms with Crippen molar-refractivity contribution in [3.05, 3.63) is 29.8 Å². The highest BCUT2D eigenvalue weighted by atomic mass is 35.5. The van der Waals surface area contributed by atoms with E-state index in [4.69, 9.17) is 5.73 Å². The maximum atomic E-state index is 12.0. The highest BCUT2D eigenvalue weighted by molar-refractivity contribution is 7.98. The van der Waals surface area contributed by atoms with E-state index in [1.165, 1.54) is 7.11 Å². The van der Waals surface area contributed by atoms with Gasteiger partial charge in [-0.15, -0.1) is 12.4 Å². The minimum atomic E-state index is -0.493. The van der Waals surface area contributed by atoms with Crippen molar-refractivity contribution in [3.8, 4) is 0 Å². The number of hydrogen-bond donors (Lipinski definition) is 2. The molecule has 1 amide bonds. The lowest BCUT2D eigenvalue weighted by Gasteiger charge is -2.14. The number of nitrogens with two attached hydrogens (primary N) is 1. The van der Waals surface area contributed by atoms with Crippen LogP contribution in [0.25, 0.3) is 0 Å². The first-order chi connectivity index (χ1) is 10.9. The Labute approximate surface area is 154 Å². The molecule has 0 spiro atoms. The van der Waals surface area contributed by atoms with Crippen molar-refractivity contribution >= 4 is 41.7 Å². The number of amides is 1. The smallest absolute Gasteiger partial charge is 0.306 e. The maximum absolute atomic E-state index is 12.0. The molecular formula is C17H27ClN2O3S. The minimum Gasteiger partial charge on any atom is -0.469 e. The van der Waals surface area contributed by atoms with E-state index in [9.17, 15) is 9.59 Å². The largest absolute Gasteiger partial charge is 0.469 e. The summed E-state index contributed by atoms with van der Waals surface area (Å²) in [7, 11) is 1.39. The minimum absolute atomic E-state index is 0. The fourth-order valence-electron chi connectivity index (χ4n) is 2.04. The summed E-state index contributed by atoms with van der Waals surface area (Å²) in [6.45, 7) is 4.08. The van der Waals surface area contributed by atoms with Crippen LogP contribution in [0.1, 0.15) is 32.3 Å². The van der Waals surface area contributed by atoms with Crippen LogP contribution in [0.2, 0.25) is 0 Å². The number of methoxy groups -OCH3 is 1. The number of anilines is 1. The van der Waals surface area contributed by atoms with Gasteiger partial charge >= 0.3 is 5.97 Å². The van der Waals surface area contributed by atoms with Crippen LogP contribution in [0.15, 0.2) is 24.3 Å². The van der Waals surface area contributed by atoms with E-state index < -0.39 is 6.04 Å². The molecule has 1 rings (SSSR count). The number of ether oxygens (including phenoxy) is 1. The zero-order valence-electron chi connectivity index (χ0n) is 14.4. The van der Waals surface area contributed by atoms with Crippen molar-refractivity contribution in [2.45, 2.75) is 38.5 Å². The molecule has 0 aliphatic heterocycles. The van der Waals surface area contributed by atoms with E-state index in [2.05, 4.69) is 10.1 Å². The van der Waals surface area contributed by atoms with Crippen LogP contribution in [0.4, 0.5) is 5.69 Å². The van der Waals surface area contributed by atoms with E-state index in [0.29, 0.717) is 24.5 Å². The number of hydrogen-bond acceptors (Lipinski definition) is 5. The van der Waals surface area contributed by atoms with Crippen LogP contribution in [0, 0.1) is 5.92 Å². The first-order valence-electron chi connectivity index (χ1n) is 7.72. The molecular weight excluding hydrogens is 348 g/mol. The average Bonchev–Trinajstić information content (AvgIpc) is 2.51. The van der Waals surface area contributed by atoms with Gasteiger partial charge in [-0.05, 0) is 30.0 Å². The summed E-state index contributed by atoms with van der Waals surface area (Å²) >= 11 is 1.65. The number of halogens is 1. The van der Waals surface area contributed by atoms with Gasteiger partial charge in [-0.3, -0.25) is 9.59 Å². The molecule has 1 aromatic rings. The van der Waals surface area contributed by atoms with E-state index in [1.54, 1.807) is 11.8 Å². The van der Waals surface area contributed by atoms with Crippen molar-refractivity contribution < 1.29 is 14.3 Å². The SMILES string of the molecule is COC(=O)CCSCc1cccc(NC(=O)[C@@H](N)CC(C)C)c1.Cl. The number of carbonyl (C=O) groups is 2. The normalized spacial score (nSPS) is 11.5. The van der Waals surface area contributed by atoms with Gasteiger partial charge in [0.1, 0.15) is 0 Å². The van der Waals surface area contributed by atoms with Crippen LogP contribution in [0.3, 0.4) is 0 Å². The molecule has 1 atom stereocenters. The van der Waals surface area contributed by atoms with Crippen LogP contribution in [0.5, 0.6) is 0 Å². The Morgan fingerprint density at radius 3 is 2.67 bits per heavy atom. The lowest BCUT2D eigenvalue weighted by Crippen LogP contribution is -2.36. The molecule has 0 aliphatic carbocycles. The molecule has 0 bridgehead atoms. The van der Waals surface area contributed by atoms with Gasteiger partial charge in [0.15, 0.2) is 0 Å². The second-order valence-electron chi connectivity index (χ2n) is 5.80. The van der Waals surface area contributed by atoms with Crippen molar-refractivity contribution in [2.24, 2.45) is 11.7 Å². The lowest BCUT2D eigenvalue weighted by atomic mass is 10.0. The Hall–Kier alpha value is -1.24. The Bertz CT molecular complexity index is 526. The topological polar surface area (TPSA) is 81.4 Å². The fourth-order valence-corrected chi connectivity index (χ4v) is 2.91. The van der Waals surface area contributed by atoms with Crippen LogP contribution < -0.4 is 11.1 Å².